The van der Waals surface area contributed by atoms with E-state index in [0.29, 0.717) is 5.92 Å². The third kappa shape index (κ3) is 4.73. The quantitative estimate of drug-likeness (QED) is 0.877. The first-order valence-corrected chi connectivity index (χ1v) is 8.13. The SMILES string of the molecule is CC(C)C[C@@H]1OCCC[C@@H]1NC(=O)N[C@H](C)c1cnn(C)c1. The van der Waals surface area contributed by atoms with Crippen LogP contribution in [0.15, 0.2) is 12.4 Å². The second-order valence-electron chi connectivity index (χ2n) is 6.57. The molecule has 2 N–H and O–H groups in total. The minimum absolute atomic E-state index is 0.0678. The van der Waals surface area contributed by atoms with Crippen molar-refractivity contribution in [3.8, 4) is 0 Å². The average molecular weight is 308 g/mol. The molecule has 124 valence electrons. The molecule has 3 atom stereocenters. The van der Waals surface area contributed by atoms with E-state index < -0.39 is 0 Å². The van der Waals surface area contributed by atoms with Crippen molar-refractivity contribution in [2.24, 2.45) is 13.0 Å². The van der Waals surface area contributed by atoms with Crippen LogP contribution in [0.25, 0.3) is 0 Å². The number of nitrogens with one attached hydrogen (secondary N) is 2. The zero-order chi connectivity index (χ0) is 16.1. The molecule has 0 bridgehead atoms. The number of urea groups is 1. The summed E-state index contributed by atoms with van der Waals surface area (Å²) in [5.74, 6) is 0.560. The molecule has 1 fully saturated rings. The highest BCUT2D eigenvalue weighted by Gasteiger charge is 2.28. The molecule has 22 heavy (non-hydrogen) atoms. The van der Waals surface area contributed by atoms with Gasteiger partial charge in [-0.15, -0.1) is 0 Å². The van der Waals surface area contributed by atoms with Gasteiger partial charge in [-0.3, -0.25) is 4.68 Å². The first-order valence-electron chi connectivity index (χ1n) is 8.13. The van der Waals surface area contributed by atoms with Crippen LogP contribution in [0.5, 0.6) is 0 Å². The fraction of sp³-hybridized carbons (Fsp3) is 0.750. The van der Waals surface area contributed by atoms with E-state index in [-0.39, 0.29) is 24.2 Å². The molecule has 0 saturated carbocycles. The second-order valence-corrected chi connectivity index (χ2v) is 6.57. The van der Waals surface area contributed by atoms with Gasteiger partial charge in [-0.2, -0.15) is 5.10 Å². The number of aryl methyl sites for hydroxylation is 1. The molecule has 1 aromatic rings. The molecule has 6 nitrogen and oxygen atoms in total. The summed E-state index contributed by atoms with van der Waals surface area (Å²) in [6.45, 7) is 7.11. The van der Waals surface area contributed by atoms with Gasteiger partial charge in [0.2, 0.25) is 0 Å². The van der Waals surface area contributed by atoms with Crippen LogP contribution in [0.4, 0.5) is 4.79 Å². The van der Waals surface area contributed by atoms with Gasteiger partial charge < -0.3 is 15.4 Å². The Morgan fingerprint density at radius 2 is 2.27 bits per heavy atom. The first-order chi connectivity index (χ1) is 10.5. The first kappa shape index (κ1) is 16.8. The average Bonchev–Trinajstić information content (AvgIpc) is 2.87. The maximum atomic E-state index is 12.2. The highest BCUT2D eigenvalue weighted by atomic mass is 16.5. The molecule has 0 radical (unpaired) electrons. The topological polar surface area (TPSA) is 68.2 Å². The van der Waals surface area contributed by atoms with E-state index in [1.807, 2.05) is 20.2 Å². The molecular formula is C16H28N4O2. The number of rotatable bonds is 5. The molecule has 1 saturated heterocycles. The third-order valence-corrected chi connectivity index (χ3v) is 4.03. The predicted octanol–water partition coefficient (Wildman–Crippen LogP) is 2.37. The molecule has 0 aliphatic carbocycles. The Labute approximate surface area is 132 Å². The Bertz CT molecular complexity index is 486. The minimum Gasteiger partial charge on any atom is -0.376 e. The summed E-state index contributed by atoms with van der Waals surface area (Å²) in [4.78, 5) is 12.2. The fourth-order valence-corrected chi connectivity index (χ4v) is 2.86. The number of ether oxygens (including phenoxy) is 1. The molecule has 2 amide bonds. The molecule has 0 spiro atoms. The van der Waals surface area contributed by atoms with Crippen molar-refractivity contribution < 1.29 is 9.53 Å². The van der Waals surface area contributed by atoms with Crippen molar-refractivity contribution in [3.05, 3.63) is 18.0 Å². The highest BCUT2D eigenvalue weighted by Crippen LogP contribution is 2.20. The molecule has 0 aromatic carbocycles. The van der Waals surface area contributed by atoms with Crippen LogP contribution in [0, 0.1) is 5.92 Å². The van der Waals surface area contributed by atoms with Crippen molar-refractivity contribution >= 4 is 6.03 Å². The Hall–Kier alpha value is -1.56. The third-order valence-electron chi connectivity index (χ3n) is 4.03. The summed E-state index contributed by atoms with van der Waals surface area (Å²) < 4.78 is 7.57. The summed E-state index contributed by atoms with van der Waals surface area (Å²) in [5.41, 5.74) is 0.997. The Morgan fingerprint density at radius 1 is 1.50 bits per heavy atom. The van der Waals surface area contributed by atoms with Crippen molar-refractivity contribution in [2.75, 3.05) is 6.61 Å². The van der Waals surface area contributed by atoms with Gasteiger partial charge in [-0.25, -0.2) is 4.79 Å². The lowest BCUT2D eigenvalue weighted by Gasteiger charge is -2.33. The summed E-state index contributed by atoms with van der Waals surface area (Å²) in [7, 11) is 1.87. The maximum absolute atomic E-state index is 12.2. The van der Waals surface area contributed by atoms with E-state index in [4.69, 9.17) is 4.74 Å². The number of hydrogen-bond acceptors (Lipinski definition) is 3. The number of amides is 2. The zero-order valence-electron chi connectivity index (χ0n) is 14.0. The summed E-state index contributed by atoms with van der Waals surface area (Å²) in [6, 6.07) is -0.111. The van der Waals surface area contributed by atoms with Gasteiger partial charge in [0.05, 0.1) is 24.4 Å². The number of carbonyl (C=O) groups is 1. The minimum atomic E-state index is -0.138. The molecule has 1 aliphatic rings. The van der Waals surface area contributed by atoms with E-state index in [1.165, 1.54) is 0 Å². The van der Waals surface area contributed by atoms with Gasteiger partial charge in [0, 0.05) is 25.4 Å². The molecule has 2 rings (SSSR count). The van der Waals surface area contributed by atoms with Crippen LogP contribution in [0.3, 0.4) is 0 Å². The number of carbonyl (C=O) groups excluding carboxylic acids is 1. The second kappa shape index (κ2) is 7.63. The summed E-state index contributed by atoms with van der Waals surface area (Å²) >= 11 is 0. The van der Waals surface area contributed by atoms with Gasteiger partial charge in [0.25, 0.3) is 0 Å². The van der Waals surface area contributed by atoms with Crippen LogP contribution in [0.2, 0.25) is 0 Å². The Balaban J connectivity index is 1.86. The molecule has 2 heterocycles. The molecular weight excluding hydrogens is 280 g/mol. The normalized spacial score (nSPS) is 23.3. The summed E-state index contributed by atoms with van der Waals surface area (Å²) in [6.07, 6.45) is 6.76. The summed E-state index contributed by atoms with van der Waals surface area (Å²) in [5, 5.41) is 10.2. The number of hydrogen-bond donors (Lipinski definition) is 2. The Kier molecular flexibility index (Phi) is 5.83. The van der Waals surface area contributed by atoms with Gasteiger partial charge in [-0.1, -0.05) is 13.8 Å². The Morgan fingerprint density at radius 3 is 2.91 bits per heavy atom. The number of aromatic nitrogens is 2. The van der Waals surface area contributed by atoms with Crippen LogP contribution in [-0.2, 0) is 11.8 Å². The zero-order valence-corrected chi connectivity index (χ0v) is 14.0. The van der Waals surface area contributed by atoms with Gasteiger partial charge in [0.15, 0.2) is 0 Å². The van der Waals surface area contributed by atoms with Crippen molar-refractivity contribution in [1.29, 1.82) is 0 Å². The van der Waals surface area contributed by atoms with Crippen LogP contribution in [0.1, 0.15) is 51.6 Å². The van der Waals surface area contributed by atoms with Gasteiger partial charge >= 0.3 is 6.03 Å². The van der Waals surface area contributed by atoms with E-state index >= 15 is 0 Å². The van der Waals surface area contributed by atoms with Crippen LogP contribution < -0.4 is 10.6 Å². The van der Waals surface area contributed by atoms with Crippen molar-refractivity contribution in [3.63, 3.8) is 0 Å². The van der Waals surface area contributed by atoms with Crippen molar-refractivity contribution in [2.45, 2.75) is 58.2 Å². The highest BCUT2D eigenvalue weighted by molar-refractivity contribution is 5.74. The molecule has 0 unspecified atom stereocenters. The molecule has 6 heteroatoms. The lowest BCUT2D eigenvalue weighted by molar-refractivity contribution is -0.0170. The monoisotopic (exact) mass is 308 g/mol. The predicted molar refractivity (Wildman–Crippen MR) is 85.5 cm³/mol. The fourth-order valence-electron chi connectivity index (χ4n) is 2.86. The smallest absolute Gasteiger partial charge is 0.315 e. The van der Waals surface area contributed by atoms with Crippen LogP contribution >= 0.6 is 0 Å². The van der Waals surface area contributed by atoms with Gasteiger partial charge in [0.1, 0.15) is 0 Å². The number of nitrogens with zero attached hydrogens (tertiary/aromatic N) is 2. The van der Waals surface area contributed by atoms with E-state index in [0.717, 1.165) is 31.4 Å². The van der Waals surface area contributed by atoms with E-state index in [9.17, 15) is 4.79 Å². The lowest BCUT2D eigenvalue weighted by atomic mass is 9.95. The molecule has 1 aromatic heterocycles. The van der Waals surface area contributed by atoms with E-state index in [1.54, 1.807) is 10.9 Å². The van der Waals surface area contributed by atoms with Crippen molar-refractivity contribution in [1.82, 2.24) is 20.4 Å². The van der Waals surface area contributed by atoms with Gasteiger partial charge in [-0.05, 0) is 32.1 Å². The molecule has 1 aliphatic heterocycles. The standard InChI is InChI=1S/C16H28N4O2/c1-11(2)8-15-14(6-5-7-22-15)19-16(21)18-12(3)13-9-17-20(4)10-13/h9-12,14-15H,5-8H2,1-4H3,(H2,18,19,21)/t12-,14+,15+/m1/s1. The maximum Gasteiger partial charge on any atom is 0.315 e. The lowest BCUT2D eigenvalue weighted by Crippen LogP contribution is -2.51. The van der Waals surface area contributed by atoms with E-state index in [2.05, 4.69) is 29.6 Å². The largest absolute Gasteiger partial charge is 0.376 e. The van der Waals surface area contributed by atoms with Crippen LogP contribution in [-0.4, -0.2) is 34.6 Å².